The van der Waals surface area contributed by atoms with E-state index in [1.54, 1.807) is 25.1 Å². The molecule has 2 aromatic carbocycles. The lowest BCUT2D eigenvalue weighted by atomic mass is 9.97. The number of anilines is 1. The van der Waals surface area contributed by atoms with E-state index in [1.807, 2.05) is 0 Å². The van der Waals surface area contributed by atoms with Gasteiger partial charge in [0.25, 0.3) is 0 Å². The van der Waals surface area contributed by atoms with E-state index in [0.29, 0.717) is 29.1 Å². The van der Waals surface area contributed by atoms with Gasteiger partial charge in [-0.3, -0.25) is 4.79 Å². The molecule has 3 aromatic rings. The second-order valence-electron chi connectivity index (χ2n) is 8.34. The van der Waals surface area contributed by atoms with Crippen LogP contribution in [0.1, 0.15) is 30.1 Å². The quantitative estimate of drug-likeness (QED) is 0.442. The maximum Gasteiger partial charge on any atom is 0.338 e. The van der Waals surface area contributed by atoms with Gasteiger partial charge < -0.3 is 10.1 Å². The number of rotatable bonds is 7. The summed E-state index contributed by atoms with van der Waals surface area (Å²) < 4.78 is 56.7. The van der Waals surface area contributed by atoms with E-state index in [1.165, 1.54) is 33.8 Å². The highest BCUT2D eigenvalue weighted by molar-refractivity contribution is 7.91. The van der Waals surface area contributed by atoms with Gasteiger partial charge in [-0.05, 0) is 56.2 Å². The maximum atomic E-state index is 13.0. The smallest absolute Gasteiger partial charge is 0.338 e. The molecule has 1 aliphatic rings. The van der Waals surface area contributed by atoms with E-state index in [9.17, 15) is 26.4 Å². The molecule has 0 spiro atoms. The standard InChI is InChI=1S/C23H25N3O7S3/c1-3-33-22(28)16-7-8-19-20(13-16)34-23(24-19)25-21(27)15-9-11-26(12-10-15)36(31,32)18-6-4-5-17(14-18)35(2,29)30/h4-8,13-15H,3,9-12H2,1-2H3,(H,24,25,27). The molecule has 1 saturated heterocycles. The lowest BCUT2D eigenvalue weighted by Crippen LogP contribution is -2.41. The molecule has 0 unspecified atom stereocenters. The average Bonchev–Trinajstić information content (AvgIpc) is 3.25. The number of sulfonamides is 1. The SMILES string of the molecule is CCOC(=O)c1ccc2nc(NC(=O)C3CCN(S(=O)(=O)c4cccc(S(C)(=O)=O)c4)CC3)sc2c1. The fourth-order valence-electron chi connectivity index (χ4n) is 3.90. The summed E-state index contributed by atoms with van der Waals surface area (Å²) in [5.41, 5.74) is 1.04. The topological polar surface area (TPSA) is 140 Å². The van der Waals surface area contributed by atoms with Gasteiger partial charge in [0.2, 0.25) is 15.9 Å². The molecule has 1 N–H and O–H groups in total. The van der Waals surface area contributed by atoms with Gasteiger partial charge in [-0.1, -0.05) is 17.4 Å². The van der Waals surface area contributed by atoms with Crippen molar-refractivity contribution in [1.82, 2.24) is 9.29 Å². The van der Waals surface area contributed by atoms with Crippen molar-refractivity contribution < 1.29 is 31.2 Å². The normalized spacial score (nSPS) is 15.6. The van der Waals surface area contributed by atoms with Crippen molar-refractivity contribution in [3.8, 4) is 0 Å². The van der Waals surface area contributed by atoms with E-state index in [-0.39, 0.29) is 35.4 Å². The summed E-state index contributed by atoms with van der Waals surface area (Å²) in [5, 5.41) is 3.19. The van der Waals surface area contributed by atoms with Crippen LogP contribution in [0.2, 0.25) is 0 Å². The number of fused-ring (bicyclic) bond motifs is 1. The number of carbonyl (C=O) groups is 2. The van der Waals surface area contributed by atoms with Crippen LogP contribution >= 0.6 is 11.3 Å². The van der Waals surface area contributed by atoms with Crippen molar-refractivity contribution in [2.24, 2.45) is 5.92 Å². The molecule has 4 rings (SSSR count). The van der Waals surface area contributed by atoms with Gasteiger partial charge in [0.1, 0.15) is 0 Å². The Labute approximate surface area is 213 Å². The molecule has 0 bridgehead atoms. The van der Waals surface area contributed by atoms with Crippen molar-refractivity contribution in [2.45, 2.75) is 29.6 Å². The Hall–Kier alpha value is -2.87. The van der Waals surface area contributed by atoms with Crippen molar-refractivity contribution in [3.63, 3.8) is 0 Å². The molecule has 13 heteroatoms. The summed E-state index contributed by atoms with van der Waals surface area (Å²) in [5.74, 6) is -1.08. The zero-order valence-corrected chi connectivity index (χ0v) is 22.1. The van der Waals surface area contributed by atoms with E-state index in [2.05, 4.69) is 10.3 Å². The van der Waals surface area contributed by atoms with Crippen LogP contribution in [0.3, 0.4) is 0 Å². The minimum absolute atomic E-state index is 0.0666. The maximum absolute atomic E-state index is 13.0. The number of thiazole rings is 1. The molecule has 1 aliphatic heterocycles. The van der Waals surface area contributed by atoms with Crippen molar-refractivity contribution in [3.05, 3.63) is 48.0 Å². The summed E-state index contributed by atoms with van der Waals surface area (Å²) >= 11 is 1.24. The number of piperidine rings is 1. The van der Waals surface area contributed by atoms with Crippen LogP contribution in [0.4, 0.5) is 5.13 Å². The molecule has 0 atom stereocenters. The number of esters is 1. The first-order valence-electron chi connectivity index (χ1n) is 11.2. The number of ether oxygens (including phenoxy) is 1. The van der Waals surface area contributed by atoms with Crippen molar-refractivity contribution in [1.29, 1.82) is 0 Å². The molecular weight excluding hydrogens is 526 g/mol. The van der Waals surface area contributed by atoms with Crippen LogP contribution in [0.25, 0.3) is 10.2 Å². The second kappa shape index (κ2) is 10.2. The number of aromatic nitrogens is 1. The Bertz CT molecular complexity index is 1520. The molecule has 192 valence electrons. The Kier molecular flexibility index (Phi) is 7.46. The number of sulfone groups is 1. The van der Waals surface area contributed by atoms with E-state index >= 15 is 0 Å². The highest BCUT2D eigenvalue weighted by atomic mass is 32.2. The van der Waals surface area contributed by atoms with Crippen LogP contribution in [-0.4, -0.2) is 64.0 Å². The monoisotopic (exact) mass is 551 g/mol. The second-order valence-corrected chi connectivity index (χ2v) is 13.3. The van der Waals surface area contributed by atoms with Crippen LogP contribution in [0, 0.1) is 5.92 Å². The van der Waals surface area contributed by atoms with Crippen LogP contribution in [0.15, 0.2) is 52.3 Å². The van der Waals surface area contributed by atoms with Gasteiger partial charge in [-0.25, -0.2) is 26.6 Å². The molecule has 2 heterocycles. The highest BCUT2D eigenvalue weighted by Gasteiger charge is 2.33. The fraction of sp³-hybridized carbons (Fsp3) is 0.348. The molecule has 36 heavy (non-hydrogen) atoms. The third kappa shape index (κ3) is 5.59. The number of carbonyl (C=O) groups excluding carboxylic acids is 2. The van der Waals surface area contributed by atoms with Crippen molar-refractivity contribution in [2.75, 3.05) is 31.3 Å². The van der Waals surface area contributed by atoms with Gasteiger partial charge in [-0.2, -0.15) is 4.31 Å². The van der Waals surface area contributed by atoms with Gasteiger partial charge in [0, 0.05) is 25.3 Å². The third-order valence-corrected chi connectivity index (χ3v) is 9.76. The highest BCUT2D eigenvalue weighted by Crippen LogP contribution is 2.30. The summed E-state index contributed by atoms with van der Waals surface area (Å²) in [7, 11) is -7.45. The first-order chi connectivity index (χ1) is 17.0. The number of amides is 1. The molecule has 10 nitrogen and oxygen atoms in total. The lowest BCUT2D eigenvalue weighted by molar-refractivity contribution is -0.120. The first kappa shape index (κ1) is 26.2. The number of nitrogens with zero attached hydrogens (tertiary/aromatic N) is 2. The van der Waals surface area contributed by atoms with Crippen LogP contribution < -0.4 is 5.32 Å². The zero-order valence-electron chi connectivity index (χ0n) is 19.6. The first-order valence-corrected chi connectivity index (χ1v) is 15.3. The van der Waals surface area contributed by atoms with Crippen molar-refractivity contribution >= 4 is 58.4 Å². The number of benzene rings is 2. The third-order valence-electron chi connectivity index (χ3n) is 5.83. The predicted molar refractivity (Wildman–Crippen MR) is 135 cm³/mol. The molecule has 0 aliphatic carbocycles. The summed E-state index contributed by atoms with van der Waals surface area (Å²) in [6.07, 6.45) is 1.65. The molecular formula is C23H25N3O7S3. The van der Waals surface area contributed by atoms with Gasteiger partial charge >= 0.3 is 5.97 Å². The Morgan fingerprint density at radius 2 is 1.78 bits per heavy atom. The summed E-state index contributed by atoms with van der Waals surface area (Å²) in [4.78, 5) is 29.0. The van der Waals surface area contributed by atoms with Gasteiger partial charge in [-0.15, -0.1) is 0 Å². The number of hydrogen-bond donors (Lipinski definition) is 1. The number of hydrogen-bond acceptors (Lipinski definition) is 9. The molecule has 1 amide bonds. The van der Waals surface area contributed by atoms with Gasteiger partial charge in [0.15, 0.2) is 15.0 Å². The molecule has 1 aromatic heterocycles. The van der Waals surface area contributed by atoms with E-state index in [4.69, 9.17) is 4.74 Å². The summed E-state index contributed by atoms with van der Waals surface area (Å²) in [6, 6.07) is 10.3. The fourth-order valence-corrected chi connectivity index (χ4v) is 7.07. The molecule has 0 saturated carbocycles. The van der Waals surface area contributed by atoms with Crippen LogP contribution in [0.5, 0.6) is 0 Å². The molecule has 1 fully saturated rings. The Morgan fingerprint density at radius 3 is 2.44 bits per heavy atom. The van der Waals surface area contributed by atoms with Crippen LogP contribution in [-0.2, 0) is 29.4 Å². The zero-order chi connectivity index (χ0) is 26.1. The van der Waals surface area contributed by atoms with E-state index < -0.39 is 31.7 Å². The lowest BCUT2D eigenvalue weighted by Gasteiger charge is -2.30. The Morgan fingerprint density at radius 1 is 1.08 bits per heavy atom. The predicted octanol–water partition coefficient (Wildman–Crippen LogP) is 2.92. The molecule has 0 radical (unpaired) electrons. The largest absolute Gasteiger partial charge is 0.462 e. The Balaban J connectivity index is 1.40. The number of nitrogens with one attached hydrogen (secondary N) is 1. The van der Waals surface area contributed by atoms with Gasteiger partial charge in [0.05, 0.1) is 32.2 Å². The summed E-state index contributed by atoms with van der Waals surface area (Å²) in [6.45, 7) is 2.26. The van der Waals surface area contributed by atoms with E-state index in [0.717, 1.165) is 17.0 Å². The average molecular weight is 552 g/mol. The minimum Gasteiger partial charge on any atom is -0.462 e. The minimum atomic E-state index is -3.90.